The Bertz CT molecular complexity index is 185. The van der Waals surface area contributed by atoms with Crippen LogP contribution in [-0.4, -0.2) is 38.4 Å². The quantitative estimate of drug-likeness (QED) is 0.669. The Kier molecular flexibility index (Phi) is 2.80. The molecule has 2 rings (SSSR count). The minimum Gasteiger partial charge on any atom is -0.380 e. The van der Waals surface area contributed by atoms with E-state index in [-0.39, 0.29) is 17.9 Å². The van der Waals surface area contributed by atoms with Crippen LogP contribution in [-0.2, 0) is 14.3 Å². The van der Waals surface area contributed by atoms with Gasteiger partial charge in [-0.15, -0.1) is 0 Å². The van der Waals surface area contributed by atoms with E-state index in [1.165, 1.54) is 0 Å². The monoisotopic (exact) mass is 185 g/mol. The van der Waals surface area contributed by atoms with Gasteiger partial charge in [0.1, 0.15) is 0 Å². The minimum absolute atomic E-state index is 0.0846. The van der Waals surface area contributed by atoms with Gasteiger partial charge in [0, 0.05) is 13.2 Å². The van der Waals surface area contributed by atoms with Crippen LogP contribution < -0.4 is 5.32 Å². The van der Waals surface area contributed by atoms with Crippen molar-refractivity contribution >= 4 is 5.91 Å². The molecule has 1 unspecified atom stereocenters. The molecule has 2 saturated heterocycles. The molecule has 0 aromatic heterocycles. The Balaban J connectivity index is 1.63. The maximum Gasteiger partial charge on any atom is 0.227 e. The molecular weight excluding hydrogens is 170 g/mol. The number of carbonyl (C=O) groups is 1. The minimum atomic E-state index is 0.0846. The van der Waals surface area contributed by atoms with Gasteiger partial charge in [-0.25, -0.2) is 0 Å². The van der Waals surface area contributed by atoms with Crippen molar-refractivity contribution in [3.05, 3.63) is 0 Å². The van der Waals surface area contributed by atoms with E-state index in [9.17, 15) is 4.79 Å². The van der Waals surface area contributed by atoms with Crippen molar-refractivity contribution in [3.63, 3.8) is 0 Å². The van der Waals surface area contributed by atoms with Gasteiger partial charge >= 0.3 is 0 Å². The Morgan fingerprint density at radius 3 is 2.85 bits per heavy atom. The van der Waals surface area contributed by atoms with Crippen LogP contribution in [0.1, 0.15) is 12.8 Å². The third-order valence-corrected chi connectivity index (χ3v) is 2.54. The summed E-state index contributed by atoms with van der Waals surface area (Å²) in [6.07, 6.45) is 2.43. The van der Waals surface area contributed by atoms with Crippen LogP contribution in [0.2, 0.25) is 0 Å². The molecule has 2 fully saturated rings. The average Bonchev–Trinajstić information content (AvgIpc) is 2.49. The van der Waals surface area contributed by atoms with E-state index >= 15 is 0 Å². The van der Waals surface area contributed by atoms with E-state index in [4.69, 9.17) is 9.47 Å². The van der Waals surface area contributed by atoms with Gasteiger partial charge < -0.3 is 14.8 Å². The highest BCUT2D eigenvalue weighted by Crippen LogP contribution is 2.12. The highest BCUT2D eigenvalue weighted by Gasteiger charge is 2.27. The fourth-order valence-corrected chi connectivity index (χ4v) is 1.55. The number of nitrogens with one attached hydrogen (secondary N) is 1. The molecule has 0 aromatic carbocycles. The summed E-state index contributed by atoms with van der Waals surface area (Å²) < 4.78 is 10.3. The van der Waals surface area contributed by atoms with E-state index in [0.29, 0.717) is 19.8 Å². The summed E-state index contributed by atoms with van der Waals surface area (Å²) in [5.74, 6) is 0.197. The molecule has 0 spiro atoms. The number of ether oxygens (including phenoxy) is 2. The Labute approximate surface area is 77.6 Å². The van der Waals surface area contributed by atoms with Gasteiger partial charge in [0.05, 0.1) is 25.2 Å². The number of hydrogen-bond donors (Lipinski definition) is 1. The molecular formula is C9H15NO3. The fraction of sp³-hybridized carbons (Fsp3) is 0.889. The van der Waals surface area contributed by atoms with Gasteiger partial charge in [-0.3, -0.25) is 4.79 Å². The summed E-state index contributed by atoms with van der Waals surface area (Å²) in [4.78, 5) is 11.3. The molecule has 1 N–H and O–H groups in total. The fourth-order valence-electron chi connectivity index (χ4n) is 1.55. The summed E-state index contributed by atoms with van der Waals surface area (Å²) in [6, 6.07) is 0. The molecule has 2 aliphatic heterocycles. The maximum absolute atomic E-state index is 11.3. The van der Waals surface area contributed by atoms with Gasteiger partial charge in [-0.1, -0.05) is 0 Å². The van der Waals surface area contributed by atoms with Crippen LogP contribution in [0.4, 0.5) is 0 Å². The third kappa shape index (κ3) is 2.19. The first-order valence-electron chi connectivity index (χ1n) is 4.83. The number of hydrogen-bond acceptors (Lipinski definition) is 3. The molecule has 1 amide bonds. The van der Waals surface area contributed by atoms with Crippen LogP contribution in [0.15, 0.2) is 0 Å². The molecule has 74 valence electrons. The van der Waals surface area contributed by atoms with Crippen molar-refractivity contribution in [2.24, 2.45) is 5.92 Å². The zero-order valence-electron chi connectivity index (χ0n) is 7.62. The zero-order valence-corrected chi connectivity index (χ0v) is 7.62. The molecule has 0 radical (unpaired) electrons. The topological polar surface area (TPSA) is 47.6 Å². The molecule has 2 aliphatic rings. The second-order valence-corrected chi connectivity index (χ2v) is 3.61. The van der Waals surface area contributed by atoms with Crippen LogP contribution in [0.5, 0.6) is 0 Å². The van der Waals surface area contributed by atoms with Crippen molar-refractivity contribution in [2.75, 3.05) is 26.4 Å². The van der Waals surface area contributed by atoms with Crippen molar-refractivity contribution in [1.82, 2.24) is 5.32 Å². The molecule has 0 aliphatic carbocycles. The first kappa shape index (κ1) is 8.97. The van der Waals surface area contributed by atoms with Crippen LogP contribution in [0, 0.1) is 5.92 Å². The van der Waals surface area contributed by atoms with E-state index < -0.39 is 0 Å². The highest BCUT2D eigenvalue weighted by molar-refractivity contribution is 5.79. The highest BCUT2D eigenvalue weighted by atomic mass is 16.5. The third-order valence-electron chi connectivity index (χ3n) is 2.54. The predicted octanol–water partition coefficient (Wildman–Crippen LogP) is -0.0720. The normalized spacial score (nSPS) is 28.5. The molecule has 0 saturated carbocycles. The van der Waals surface area contributed by atoms with Gasteiger partial charge in [-0.05, 0) is 12.8 Å². The summed E-state index contributed by atoms with van der Waals surface area (Å²) in [5, 5.41) is 2.88. The second kappa shape index (κ2) is 4.07. The number of carbonyl (C=O) groups excluding carboxylic acids is 1. The van der Waals surface area contributed by atoms with E-state index in [1.54, 1.807) is 0 Å². The molecule has 2 heterocycles. The Morgan fingerprint density at radius 2 is 2.31 bits per heavy atom. The molecule has 13 heavy (non-hydrogen) atoms. The predicted molar refractivity (Wildman–Crippen MR) is 46.3 cm³/mol. The maximum atomic E-state index is 11.3. The smallest absolute Gasteiger partial charge is 0.227 e. The zero-order chi connectivity index (χ0) is 9.10. The molecule has 4 heteroatoms. The molecule has 4 nitrogen and oxygen atoms in total. The van der Waals surface area contributed by atoms with Gasteiger partial charge in [0.25, 0.3) is 0 Å². The van der Waals surface area contributed by atoms with Crippen molar-refractivity contribution in [3.8, 4) is 0 Å². The van der Waals surface area contributed by atoms with Crippen LogP contribution >= 0.6 is 0 Å². The van der Waals surface area contributed by atoms with E-state index in [1.807, 2.05) is 0 Å². The SMILES string of the molecule is O=C(NCC1CCCO1)C1COC1. The average molecular weight is 185 g/mol. The summed E-state index contributed by atoms with van der Waals surface area (Å²) >= 11 is 0. The first-order valence-corrected chi connectivity index (χ1v) is 4.83. The lowest BCUT2D eigenvalue weighted by atomic mass is 10.1. The summed E-state index contributed by atoms with van der Waals surface area (Å²) in [5.41, 5.74) is 0. The standard InChI is InChI=1S/C9H15NO3/c11-9(7-5-12-6-7)10-4-8-2-1-3-13-8/h7-8H,1-6H2,(H,10,11). The number of amides is 1. The largest absolute Gasteiger partial charge is 0.380 e. The Morgan fingerprint density at radius 1 is 1.46 bits per heavy atom. The van der Waals surface area contributed by atoms with E-state index in [0.717, 1.165) is 19.4 Å². The summed E-state index contributed by atoms with van der Waals surface area (Å²) in [7, 11) is 0. The lowest BCUT2D eigenvalue weighted by Crippen LogP contribution is -2.44. The lowest BCUT2D eigenvalue weighted by molar-refractivity contribution is -0.139. The van der Waals surface area contributed by atoms with Gasteiger partial charge in [-0.2, -0.15) is 0 Å². The van der Waals surface area contributed by atoms with Gasteiger partial charge in [0.15, 0.2) is 0 Å². The molecule has 0 bridgehead atoms. The van der Waals surface area contributed by atoms with Crippen molar-refractivity contribution in [2.45, 2.75) is 18.9 Å². The lowest BCUT2D eigenvalue weighted by Gasteiger charge is -2.25. The molecule has 0 aromatic rings. The van der Waals surface area contributed by atoms with E-state index in [2.05, 4.69) is 5.32 Å². The van der Waals surface area contributed by atoms with Gasteiger partial charge in [0.2, 0.25) is 5.91 Å². The van der Waals surface area contributed by atoms with Crippen molar-refractivity contribution < 1.29 is 14.3 Å². The van der Waals surface area contributed by atoms with Crippen molar-refractivity contribution in [1.29, 1.82) is 0 Å². The second-order valence-electron chi connectivity index (χ2n) is 3.61. The molecule has 1 atom stereocenters. The van der Waals surface area contributed by atoms with Crippen LogP contribution in [0.3, 0.4) is 0 Å². The first-order chi connectivity index (χ1) is 6.36. The van der Waals surface area contributed by atoms with Crippen LogP contribution in [0.25, 0.3) is 0 Å². The number of rotatable bonds is 3. The summed E-state index contributed by atoms with van der Waals surface area (Å²) in [6.45, 7) is 2.66. The Hall–Kier alpha value is -0.610.